The third kappa shape index (κ3) is 3.44. The van der Waals surface area contributed by atoms with E-state index in [1.54, 1.807) is 33.5 Å². The Labute approximate surface area is 152 Å². The molecular weight excluding hydrogens is 332 g/mol. The molecule has 2 aromatic carbocycles. The van der Waals surface area contributed by atoms with Crippen LogP contribution in [-0.4, -0.2) is 32.2 Å². The largest absolute Gasteiger partial charge is 0.496 e. The monoisotopic (exact) mass is 354 g/mol. The molecule has 0 fully saturated rings. The van der Waals surface area contributed by atoms with E-state index in [9.17, 15) is 4.79 Å². The molecule has 0 saturated carbocycles. The van der Waals surface area contributed by atoms with Crippen LogP contribution >= 0.6 is 0 Å². The maximum absolute atomic E-state index is 12.5. The Morgan fingerprint density at radius 2 is 1.65 bits per heavy atom. The predicted molar refractivity (Wildman–Crippen MR) is 100 cm³/mol. The Bertz CT molecular complexity index is 946. The molecule has 0 aliphatic heterocycles. The van der Waals surface area contributed by atoms with Gasteiger partial charge in [0.05, 0.1) is 21.3 Å². The highest BCUT2D eigenvalue weighted by Crippen LogP contribution is 2.34. The molecule has 6 heteroatoms. The van der Waals surface area contributed by atoms with E-state index in [0.717, 1.165) is 22.0 Å². The minimum absolute atomic E-state index is 0.185. The molecule has 0 bridgehead atoms. The summed E-state index contributed by atoms with van der Waals surface area (Å²) in [4.78, 5) is 15.7. The van der Waals surface area contributed by atoms with Crippen LogP contribution in [0.1, 0.15) is 21.6 Å². The van der Waals surface area contributed by atoms with E-state index in [1.165, 1.54) is 0 Å². The lowest BCUT2D eigenvalue weighted by molar-refractivity contribution is 0.0946. The number of amides is 1. The summed E-state index contributed by atoms with van der Waals surface area (Å²) in [6, 6.07) is 11.4. The van der Waals surface area contributed by atoms with Crippen molar-refractivity contribution in [2.24, 2.45) is 0 Å². The first-order chi connectivity index (χ1) is 12.5. The van der Waals surface area contributed by atoms with Gasteiger partial charge in [-0.2, -0.15) is 0 Å². The van der Waals surface area contributed by atoms with Gasteiger partial charge in [0, 0.05) is 29.1 Å². The van der Waals surface area contributed by atoms with Gasteiger partial charge in [0.15, 0.2) is 11.5 Å². The van der Waals surface area contributed by atoms with E-state index in [1.807, 2.05) is 31.2 Å². The van der Waals surface area contributed by atoms with E-state index < -0.39 is 0 Å². The maximum Gasteiger partial charge on any atom is 0.267 e. The number of carbonyl (C=O) groups excluding carboxylic acids is 1. The molecule has 3 rings (SSSR count). The number of aromatic amines is 1. The topological polar surface area (TPSA) is 72.6 Å². The number of hydrogen-bond acceptors (Lipinski definition) is 4. The molecule has 3 aromatic rings. The summed E-state index contributed by atoms with van der Waals surface area (Å²) in [5.41, 5.74) is 3.40. The summed E-state index contributed by atoms with van der Waals surface area (Å²) in [6.45, 7) is 2.32. The van der Waals surface area contributed by atoms with Gasteiger partial charge in [-0.25, -0.2) is 0 Å². The lowest BCUT2D eigenvalue weighted by atomic mass is 10.1. The van der Waals surface area contributed by atoms with Gasteiger partial charge in [-0.3, -0.25) is 4.79 Å². The molecule has 6 nitrogen and oxygen atoms in total. The van der Waals surface area contributed by atoms with Crippen LogP contribution in [0.2, 0.25) is 0 Å². The molecule has 1 amide bonds. The number of fused-ring (bicyclic) bond motifs is 1. The molecule has 0 unspecified atom stereocenters. The Balaban J connectivity index is 1.79. The van der Waals surface area contributed by atoms with Crippen molar-refractivity contribution in [1.29, 1.82) is 0 Å². The molecule has 1 heterocycles. The minimum Gasteiger partial charge on any atom is -0.496 e. The number of aromatic nitrogens is 1. The molecule has 0 saturated heterocycles. The zero-order valence-electron chi connectivity index (χ0n) is 15.3. The van der Waals surface area contributed by atoms with Crippen molar-refractivity contribution in [2.45, 2.75) is 13.5 Å². The summed E-state index contributed by atoms with van der Waals surface area (Å²) in [5, 5.41) is 3.91. The van der Waals surface area contributed by atoms with Crippen LogP contribution in [0.25, 0.3) is 10.9 Å². The lowest BCUT2D eigenvalue weighted by Crippen LogP contribution is -2.23. The average molecular weight is 354 g/mol. The third-order valence-electron chi connectivity index (χ3n) is 4.25. The van der Waals surface area contributed by atoms with Gasteiger partial charge >= 0.3 is 0 Å². The number of H-pyrrole nitrogens is 1. The molecule has 0 aliphatic rings. The summed E-state index contributed by atoms with van der Waals surface area (Å²) in [7, 11) is 4.71. The van der Waals surface area contributed by atoms with Crippen LogP contribution in [0.15, 0.2) is 36.4 Å². The Morgan fingerprint density at radius 1 is 0.962 bits per heavy atom. The van der Waals surface area contributed by atoms with Crippen molar-refractivity contribution in [3.05, 3.63) is 53.2 Å². The molecule has 1 aromatic heterocycles. The second-order valence-electron chi connectivity index (χ2n) is 5.98. The number of carbonyl (C=O) groups is 1. The number of rotatable bonds is 6. The molecule has 26 heavy (non-hydrogen) atoms. The quantitative estimate of drug-likeness (QED) is 0.711. The predicted octanol–water partition coefficient (Wildman–Crippen LogP) is 3.43. The van der Waals surface area contributed by atoms with Gasteiger partial charge in [-0.15, -0.1) is 0 Å². The van der Waals surface area contributed by atoms with Crippen molar-refractivity contribution in [1.82, 2.24) is 10.3 Å². The highest BCUT2D eigenvalue weighted by molar-refractivity contribution is 5.98. The van der Waals surface area contributed by atoms with Crippen LogP contribution in [0.3, 0.4) is 0 Å². The van der Waals surface area contributed by atoms with E-state index in [-0.39, 0.29) is 5.91 Å². The standard InChI is InChI=1S/C20H22N2O4/c1-12-5-6-13-8-16(22-15(13)7-12)20(23)21-11-14-9-18(25-3)19(26-4)10-17(14)24-2/h5-10,22H,11H2,1-4H3,(H,21,23). The summed E-state index contributed by atoms with van der Waals surface area (Å²) >= 11 is 0. The third-order valence-corrected chi connectivity index (χ3v) is 4.25. The minimum atomic E-state index is -0.185. The summed E-state index contributed by atoms with van der Waals surface area (Å²) in [5.74, 6) is 1.59. The zero-order chi connectivity index (χ0) is 18.7. The number of ether oxygens (including phenoxy) is 3. The fourth-order valence-electron chi connectivity index (χ4n) is 2.86. The van der Waals surface area contributed by atoms with Gasteiger partial charge in [-0.05, 0) is 30.7 Å². The number of hydrogen-bond donors (Lipinski definition) is 2. The van der Waals surface area contributed by atoms with E-state index in [4.69, 9.17) is 14.2 Å². The van der Waals surface area contributed by atoms with E-state index >= 15 is 0 Å². The normalized spacial score (nSPS) is 10.6. The van der Waals surface area contributed by atoms with E-state index in [0.29, 0.717) is 29.5 Å². The molecular formula is C20H22N2O4. The van der Waals surface area contributed by atoms with Crippen molar-refractivity contribution < 1.29 is 19.0 Å². The van der Waals surface area contributed by atoms with E-state index in [2.05, 4.69) is 10.3 Å². The van der Waals surface area contributed by atoms with Crippen LogP contribution in [0.5, 0.6) is 17.2 Å². The van der Waals surface area contributed by atoms with Crippen LogP contribution < -0.4 is 19.5 Å². The lowest BCUT2D eigenvalue weighted by Gasteiger charge is -2.14. The number of methoxy groups -OCH3 is 3. The van der Waals surface area contributed by atoms with Crippen LogP contribution in [0, 0.1) is 6.92 Å². The first kappa shape index (κ1) is 17.7. The van der Waals surface area contributed by atoms with Crippen molar-refractivity contribution in [2.75, 3.05) is 21.3 Å². The van der Waals surface area contributed by atoms with Gasteiger partial charge < -0.3 is 24.5 Å². The SMILES string of the molecule is COc1cc(OC)c(OC)cc1CNC(=O)c1cc2ccc(C)cc2[nH]1. The highest BCUT2D eigenvalue weighted by atomic mass is 16.5. The first-order valence-corrected chi connectivity index (χ1v) is 8.22. The van der Waals surface area contributed by atoms with Gasteiger partial charge in [-0.1, -0.05) is 12.1 Å². The average Bonchev–Trinajstić information content (AvgIpc) is 3.08. The van der Waals surface area contributed by atoms with Crippen molar-refractivity contribution in [3.63, 3.8) is 0 Å². The molecule has 0 aliphatic carbocycles. The smallest absolute Gasteiger partial charge is 0.267 e. The second-order valence-corrected chi connectivity index (χ2v) is 5.98. The van der Waals surface area contributed by atoms with Crippen LogP contribution in [-0.2, 0) is 6.54 Å². The zero-order valence-corrected chi connectivity index (χ0v) is 15.3. The van der Waals surface area contributed by atoms with Crippen molar-refractivity contribution in [3.8, 4) is 17.2 Å². The first-order valence-electron chi connectivity index (χ1n) is 8.22. The van der Waals surface area contributed by atoms with Crippen LogP contribution in [0.4, 0.5) is 0 Å². The second kappa shape index (κ2) is 7.39. The maximum atomic E-state index is 12.5. The van der Waals surface area contributed by atoms with Crippen molar-refractivity contribution >= 4 is 16.8 Å². The fourth-order valence-corrected chi connectivity index (χ4v) is 2.86. The van der Waals surface area contributed by atoms with Gasteiger partial charge in [0.1, 0.15) is 11.4 Å². The number of nitrogens with one attached hydrogen (secondary N) is 2. The Kier molecular flexibility index (Phi) is 5.02. The number of aryl methyl sites for hydroxylation is 1. The fraction of sp³-hybridized carbons (Fsp3) is 0.250. The van der Waals surface area contributed by atoms with Gasteiger partial charge in [0.2, 0.25) is 0 Å². The van der Waals surface area contributed by atoms with Gasteiger partial charge in [0.25, 0.3) is 5.91 Å². The Morgan fingerprint density at radius 3 is 2.35 bits per heavy atom. The molecule has 136 valence electrons. The summed E-state index contributed by atoms with van der Waals surface area (Å²) < 4.78 is 16.0. The molecule has 2 N–H and O–H groups in total. The Hall–Kier alpha value is -3.15. The molecule has 0 radical (unpaired) electrons. The summed E-state index contributed by atoms with van der Waals surface area (Å²) in [6.07, 6.45) is 0. The molecule has 0 spiro atoms. The highest BCUT2D eigenvalue weighted by Gasteiger charge is 2.14. The molecule has 0 atom stereocenters. The number of benzene rings is 2.